The molecule has 0 saturated heterocycles. The van der Waals surface area contributed by atoms with Gasteiger partial charge in [0.15, 0.2) is 0 Å². The lowest BCUT2D eigenvalue weighted by Crippen LogP contribution is -2.55. The van der Waals surface area contributed by atoms with Gasteiger partial charge in [-0.25, -0.2) is 5.06 Å². The van der Waals surface area contributed by atoms with Crippen LogP contribution in [0.1, 0.15) is 71.3 Å². The fourth-order valence-corrected chi connectivity index (χ4v) is 3.91. The second-order valence-electron chi connectivity index (χ2n) is 10.0. The Morgan fingerprint density at radius 3 is 2.38 bits per heavy atom. The molecule has 1 aromatic rings. The molecular formula is C27H41N3O4. The Balaban J connectivity index is 2.12. The van der Waals surface area contributed by atoms with Crippen molar-refractivity contribution in [1.29, 1.82) is 0 Å². The van der Waals surface area contributed by atoms with Crippen molar-refractivity contribution in [2.75, 3.05) is 13.1 Å². The molecule has 1 aromatic carbocycles. The molecule has 0 spiro atoms. The van der Waals surface area contributed by atoms with Gasteiger partial charge in [0.1, 0.15) is 12.6 Å². The maximum Gasteiger partial charge on any atom is 0.243 e. The van der Waals surface area contributed by atoms with E-state index in [1.54, 1.807) is 0 Å². The summed E-state index contributed by atoms with van der Waals surface area (Å²) in [6.07, 6.45) is 11.3. The number of nitrogens with zero attached hydrogens (tertiary/aromatic N) is 1. The van der Waals surface area contributed by atoms with Gasteiger partial charge in [0.2, 0.25) is 18.2 Å². The van der Waals surface area contributed by atoms with Gasteiger partial charge in [-0.05, 0) is 49.5 Å². The number of benzene rings is 1. The zero-order valence-electron chi connectivity index (χ0n) is 20.9. The summed E-state index contributed by atoms with van der Waals surface area (Å²) in [7, 11) is 0. The average molecular weight is 472 g/mol. The molecule has 3 amide bonds. The highest BCUT2D eigenvalue weighted by molar-refractivity contribution is 5.89. The predicted octanol–water partition coefficient (Wildman–Crippen LogP) is 4.14. The molecule has 1 heterocycles. The minimum absolute atomic E-state index is 0.129. The second kappa shape index (κ2) is 14.6. The maximum atomic E-state index is 13.3. The van der Waals surface area contributed by atoms with Gasteiger partial charge in [-0.2, -0.15) is 0 Å². The fraction of sp³-hybridized carbons (Fsp3) is 0.593. The van der Waals surface area contributed by atoms with Crippen LogP contribution in [0.15, 0.2) is 42.5 Å². The smallest absolute Gasteiger partial charge is 0.243 e. The molecule has 0 bridgehead atoms. The van der Waals surface area contributed by atoms with E-state index in [2.05, 4.69) is 22.8 Å². The van der Waals surface area contributed by atoms with E-state index in [1.165, 1.54) is 5.06 Å². The molecule has 188 valence electrons. The lowest BCUT2D eigenvalue weighted by Gasteiger charge is -2.32. The first-order valence-corrected chi connectivity index (χ1v) is 12.4. The maximum absolute atomic E-state index is 13.3. The van der Waals surface area contributed by atoms with E-state index in [9.17, 15) is 14.4 Å². The molecule has 34 heavy (non-hydrogen) atoms. The highest BCUT2D eigenvalue weighted by Gasteiger charge is 2.34. The molecule has 0 aliphatic carbocycles. The van der Waals surface area contributed by atoms with Gasteiger partial charge in [-0.1, -0.05) is 69.7 Å². The molecule has 0 saturated carbocycles. The van der Waals surface area contributed by atoms with Gasteiger partial charge in [-0.3, -0.25) is 19.2 Å². The van der Waals surface area contributed by atoms with Gasteiger partial charge in [0.05, 0.1) is 12.5 Å². The van der Waals surface area contributed by atoms with Crippen molar-refractivity contribution >= 4 is 18.2 Å². The first kappa shape index (κ1) is 27.6. The first-order chi connectivity index (χ1) is 16.3. The van der Waals surface area contributed by atoms with E-state index in [0.29, 0.717) is 19.4 Å². The Morgan fingerprint density at radius 1 is 1.00 bits per heavy atom. The number of hydroxylamine groups is 2. The summed E-state index contributed by atoms with van der Waals surface area (Å²) in [5, 5.41) is 7.15. The Bertz CT molecular complexity index is 789. The van der Waals surface area contributed by atoms with Crippen LogP contribution >= 0.6 is 0 Å². The van der Waals surface area contributed by atoms with Crippen LogP contribution in [0, 0.1) is 11.3 Å². The second-order valence-corrected chi connectivity index (χ2v) is 10.0. The topological polar surface area (TPSA) is 87.7 Å². The molecule has 2 rings (SSSR count). The largest absolute Gasteiger partial charge is 0.354 e. The van der Waals surface area contributed by atoms with Crippen molar-refractivity contribution in [2.45, 2.75) is 78.4 Å². The van der Waals surface area contributed by atoms with E-state index in [0.717, 1.165) is 44.1 Å². The van der Waals surface area contributed by atoms with Crippen molar-refractivity contribution in [3.63, 3.8) is 0 Å². The minimum Gasteiger partial charge on any atom is -0.354 e. The van der Waals surface area contributed by atoms with E-state index >= 15 is 0 Å². The summed E-state index contributed by atoms with van der Waals surface area (Å²) in [5.41, 5.74) is 0.485. The Labute approximate surface area is 204 Å². The van der Waals surface area contributed by atoms with Crippen molar-refractivity contribution in [3.05, 3.63) is 48.0 Å². The Kier molecular flexibility index (Phi) is 11.8. The lowest BCUT2D eigenvalue weighted by atomic mass is 9.85. The number of hydrogen-bond donors (Lipinski definition) is 2. The molecule has 0 fully saturated rings. The number of hydrogen-bond acceptors (Lipinski definition) is 4. The summed E-state index contributed by atoms with van der Waals surface area (Å²) >= 11 is 0. The predicted molar refractivity (Wildman–Crippen MR) is 133 cm³/mol. The number of nitrogens with one attached hydrogen (secondary N) is 2. The quantitative estimate of drug-likeness (QED) is 0.371. The van der Waals surface area contributed by atoms with Crippen LogP contribution in [0.3, 0.4) is 0 Å². The molecule has 2 N–H and O–H groups in total. The standard InChI is InChI=1S/C27H41N3O4/c1-27(2,3)24-26(33)28-18-14-9-7-5-4-6-8-13-17-23(25(32)29-24)19-30(21-31)34-20-22-15-11-10-12-16-22/h4,6,10-12,15-16,21,23-24H,5,7-9,13-14,17-20H2,1-3H3,(H,28,33)(H,29,32)/b6-4+/t23-,24-/m1/s1. The molecule has 7 nitrogen and oxygen atoms in total. The molecule has 0 unspecified atom stereocenters. The normalized spacial score (nSPS) is 22.3. The monoisotopic (exact) mass is 471 g/mol. The molecule has 1 aliphatic heterocycles. The Hall–Kier alpha value is -2.67. The SMILES string of the molecule is CC(C)(C)[C@@H]1NC(=O)[C@@H](CN(C=O)OCc2ccccc2)CCC/C=C/CCCCCNC1=O. The first-order valence-electron chi connectivity index (χ1n) is 12.4. The highest BCUT2D eigenvalue weighted by Crippen LogP contribution is 2.21. The fourth-order valence-electron chi connectivity index (χ4n) is 3.91. The van der Waals surface area contributed by atoms with Crippen LogP contribution in [0.4, 0.5) is 0 Å². The number of allylic oxidation sites excluding steroid dienone is 2. The van der Waals surface area contributed by atoms with Gasteiger partial charge in [-0.15, -0.1) is 0 Å². The molecule has 0 aromatic heterocycles. The van der Waals surface area contributed by atoms with Crippen LogP contribution in [0.25, 0.3) is 0 Å². The third kappa shape index (κ3) is 10.1. The van der Waals surface area contributed by atoms with Gasteiger partial charge >= 0.3 is 0 Å². The number of rotatable bonds is 6. The van der Waals surface area contributed by atoms with Crippen LogP contribution < -0.4 is 10.6 Å². The van der Waals surface area contributed by atoms with Crippen LogP contribution in [-0.4, -0.2) is 42.4 Å². The molecule has 7 heteroatoms. The summed E-state index contributed by atoms with van der Waals surface area (Å²) in [4.78, 5) is 43.6. The third-order valence-electron chi connectivity index (χ3n) is 5.98. The van der Waals surface area contributed by atoms with E-state index in [-0.39, 0.29) is 25.0 Å². The third-order valence-corrected chi connectivity index (χ3v) is 5.98. The molecule has 1 aliphatic rings. The summed E-state index contributed by atoms with van der Waals surface area (Å²) in [5.74, 6) is -0.889. The van der Waals surface area contributed by atoms with Crippen LogP contribution in [0.5, 0.6) is 0 Å². The van der Waals surface area contributed by atoms with Crippen molar-refractivity contribution < 1.29 is 19.2 Å². The van der Waals surface area contributed by atoms with Gasteiger partial charge in [0, 0.05) is 6.54 Å². The van der Waals surface area contributed by atoms with E-state index < -0.39 is 17.4 Å². The van der Waals surface area contributed by atoms with E-state index in [1.807, 2.05) is 51.1 Å². The zero-order valence-corrected chi connectivity index (χ0v) is 20.9. The number of carbonyl (C=O) groups is 3. The number of carbonyl (C=O) groups excluding carboxylic acids is 3. The number of amides is 3. The Morgan fingerprint density at radius 2 is 1.71 bits per heavy atom. The lowest BCUT2D eigenvalue weighted by molar-refractivity contribution is -0.182. The summed E-state index contributed by atoms with van der Waals surface area (Å²) in [6.45, 7) is 6.79. The highest BCUT2D eigenvalue weighted by atomic mass is 16.7. The van der Waals surface area contributed by atoms with Gasteiger partial charge in [0.25, 0.3) is 0 Å². The van der Waals surface area contributed by atoms with Crippen LogP contribution in [0.2, 0.25) is 0 Å². The molecule has 0 radical (unpaired) electrons. The van der Waals surface area contributed by atoms with Crippen LogP contribution in [-0.2, 0) is 25.8 Å². The minimum atomic E-state index is -0.662. The zero-order chi connectivity index (χ0) is 24.8. The van der Waals surface area contributed by atoms with E-state index in [4.69, 9.17) is 4.84 Å². The van der Waals surface area contributed by atoms with Gasteiger partial charge < -0.3 is 10.6 Å². The van der Waals surface area contributed by atoms with Crippen molar-refractivity contribution in [2.24, 2.45) is 11.3 Å². The molecular weight excluding hydrogens is 430 g/mol. The summed E-state index contributed by atoms with van der Waals surface area (Å²) in [6, 6.07) is 8.90. The van der Waals surface area contributed by atoms with Crippen molar-refractivity contribution in [1.82, 2.24) is 15.7 Å². The summed E-state index contributed by atoms with van der Waals surface area (Å²) < 4.78 is 0. The van der Waals surface area contributed by atoms with Crippen molar-refractivity contribution in [3.8, 4) is 0 Å². The molecule has 2 atom stereocenters. The average Bonchev–Trinajstić information content (AvgIpc) is 2.81.